The van der Waals surface area contributed by atoms with Crippen LogP contribution < -0.4 is 5.73 Å². The lowest BCUT2D eigenvalue weighted by Gasteiger charge is -2.28. The summed E-state index contributed by atoms with van der Waals surface area (Å²) in [5.74, 6) is -1.09. The molecule has 0 spiro atoms. The number of likely N-dealkylation sites (tertiary alicyclic amines) is 1. The molecule has 3 unspecified atom stereocenters. The molecule has 2 aliphatic rings. The summed E-state index contributed by atoms with van der Waals surface area (Å²) in [6.45, 7) is 0.568. The quantitative estimate of drug-likeness (QED) is 0.719. The van der Waals surface area contributed by atoms with Crippen LogP contribution >= 0.6 is 0 Å². The van der Waals surface area contributed by atoms with Crippen molar-refractivity contribution >= 4 is 11.9 Å². The Labute approximate surface area is 107 Å². The molecule has 102 valence electrons. The molecule has 5 nitrogen and oxygen atoms in total. The molecule has 5 heteroatoms. The van der Waals surface area contributed by atoms with Gasteiger partial charge in [-0.2, -0.15) is 0 Å². The number of carboxylic acid groups (broad SMARTS) is 1. The van der Waals surface area contributed by atoms with E-state index in [-0.39, 0.29) is 17.9 Å². The van der Waals surface area contributed by atoms with Crippen molar-refractivity contribution in [2.75, 3.05) is 6.54 Å². The van der Waals surface area contributed by atoms with Crippen LogP contribution in [0.5, 0.6) is 0 Å². The molecule has 0 aromatic carbocycles. The Morgan fingerprint density at radius 3 is 2.50 bits per heavy atom. The van der Waals surface area contributed by atoms with Crippen LogP contribution in [0.4, 0.5) is 0 Å². The largest absolute Gasteiger partial charge is 0.480 e. The van der Waals surface area contributed by atoms with E-state index in [4.69, 9.17) is 10.8 Å². The molecule has 0 aromatic heterocycles. The molecule has 1 heterocycles. The van der Waals surface area contributed by atoms with Crippen molar-refractivity contribution in [1.82, 2.24) is 4.90 Å². The van der Waals surface area contributed by atoms with Gasteiger partial charge in [0.1, 0.15) is 6.04 Å². The molecule has 2 fully saturated rings. The minimum absolute atomic E-state index is 0.0331. The standard InChI is InChI=1S/C13H22N2O3/c14-10-6-3-1-2-5-9(10)12(16)15-8-4-7-11(15)13(17)18/h9-11H,1-8,14H2,(H,17,18). The van der Waals surface area contributed by atoms with Gasteiger partial charge in [-0.15, -0.1) is 0 Å². The average Bonchev–Trinajstić information content (AvgIpc) is 2.72. The van der Waals surface area contributed by atoms with Gasteiger partial charge < -0.3 is 15.7 Å². The Balaban J connectivity index is 2.07. The second kappa shape index (κ2) is 5.69. The first kappa shape index (κ1) is 13.3. The Morgan fingerprint density at radius 2 is 1.78 bits per heavy atom. The van der Waals surface area contributed by atoms with Crippen molar-refractivity contribution in [2.45, 2.75) is 57.0 Å². The highest BCUT2D eigenvalue weighted by atomic mass is 16.4. The number of carbonyl (C=O) groups excluding carboxylic acids is 1. The third kappa shape index (κ3) is 2.66. The lowest BCUT2D eigenvalue weighted by atomic mass is 9.93. The number of nitrogens with zero attached hydrogens (tertiary/aromatic N) is 1. The van der Waals surface area contributed by atoms with Gasteiger partial charge in [-0.1, -0.05) is 19.3 Å². The molecule has 3 N–H and O–H groups in total. The lowest BCUT2D eigenvalue weighted by Crippen LogP contribution is -2.48. The summed E-state index contributed by atoms with van der Waals surface area (Å²) in [5, 5.41) is 9.13. The third-order valence-electron chi connectivity index (χ3n) is 4.21. The zero-order chi connectivity index (χ0) is 13.1. The zero-order valence-electron chi connectivity index (χ0n) is 10.7. The summed E-state index contributed by atoms with van der Waals surface area (Å²) in [6, 6.07) is -0.733. The maximum Gasteiger partial charge on any atom is 0.326 e. The predicted molar refractivity (Wildman–Crippen MR) is 66.9 cm³/mol. The average molecular weight is 254 g/mol. The number of hydrogen-bond acceptors (Lipinski definition) is 3. The van der Waals surface area contributed by atoms with E-state index in [0.29, 0.717) is 13.0 Å². The highest BCUT2D eigenvalue weighted by Crippen LogP contribution is 2.27. The van der Waals surface area contributed by atoms with Crippen LogP contribution in [0.15, 0.2) is 0 Å². The monoisotopic (exact) mass is 254 g/mol. The molecule has 0 bridgehead atoms. The van der Waals surface area contributed by atoms with Crippen molar-refractivity contribution in [3.05, 3.63) is 0 Å². The van der Waals surface area contributed by atoms with Crippen LogP contribution in [0.25, 0.3) is 0 Å². The normalized spacial score (nSPS) is 33.2. The molecule has 3 atom stereocenters. The van der Waals surface area contributed by atoms with Crippen molar-refractivity contribution in [1.29, 1.82) is 0 Å². The first-order valence-electron chi connectivity index (χ1n) is 6.90. The van der Waals surface area contributed by atoms with E-state index >= 15 is 0 Å². The summed E-state index contributed by atoms with van der Waals surface area (Å²) in [6.07, 6.45) is 6.27. The van der Waals surface area contributed by atoms with Gasteiger partial charge in [0.25, 0.3) is 0 Å². The van der Waals surface area contributed by atoms with Gasteiger partial charge in [-0.25, -0.2) is 4.79 Å². The number of amides is 1. The number of carbonyl (C=O) groups is 2. The SMILES string of the molecule is NC1CCCCCC1C(=O)N1CCCC1C(=O)O. The molecular weight excluding hydrogens is 232 g/mol. The Hall–Kier alpha value is -1.10. The van der Waals surface area contributed by atoms with E-state index < -0.39 is 12.0 Å². The van der Waals surface area contributed by atoms with Gasteiger partial charge in [0.05, 0.1) is 5.92 Å². The Bertz CT molecular complexity index is 332. The van der Waals surface area contributed by atoms with Crippen LogP contribution in [0.1, 0.15) is 44.9 Å². The first-order valence-corrected chi connectivity index (χ1v) is 6.90. The minimum atomic E-state index is -0.886. The maximum absolute atomic E-state index is 12.5. The van der Waals surface area contributed by atoms with E-state index in [1.807, 2.05) is 0 Å². The van der Waals surface area contributed by atoms with Crippen molar-refractivity contribution in [2.24, 2.45) is 11.7 Å². The lowest BCUT2D eigenvalue weighted by molar-refractivity contribution is -0.150. The molecule has 1 saturated carbocycles. The molecule has 18 heavy (non-hydrogen) atoms. The molecule has 2 rings (SSSR count). The Kier molecular flexibility index (Phi) is 4.22. The van der Waals surface area contributed by atoms with Crippen LogP contribution in [0.3, 0.4) is 0 Å². The smallest absolute Gasteiger partial charge is 0.326 e. The first-order chi connectivity index (χ1) is 8.61. The van der Waals surface area contributed by atoms with E-state index in [1.165, 1.54) is 4.90 Å². The van der Waals surface area contributed by atoms with Crippen molar-refractivity contribution in [3.8, 4) is 0 Å². The van der Waals surface area contributed by atoms with Crippen LogP contribution in [-0.4, -0.2) is 40.5 Å². The van der Waals surface area contributed by atoms with Crippen molar-refractivity contribution < 1.29 is 14.7 Å². The summed E-state index contributed by atoms with van der Waals surface area (Å²) < 4.78 is 0. The second-order valence-corrected chi connectivity index (χ2v) is 5.44. The topological polar surface area (TPSA) is 83.6 Å². The molecule has 0 aromatic rings. The fourth-order valence-corrected chi connectivity index (χ4v) is 3.14. The van der Waals surface area contributed by atoms with Gasteiger partial charge in [0, 0.05) is 12.6 Å². The number of carboxylic acids is 1. The van der Waals surface area contributed by atoms with E-state index in [9.17, 15) is 9.59 Å². The van der Waals surface area contributed by atoms with E-state index in [1.54, 1.807) is 0 Å². The van der Waals surface area contributed by atoms with E-state index in [0.717, 1.165) is 38.5 Å². The highest BCUT2D eigenvalue weighted by Gasteiger charge is 2.38. The molecule has 1 aliphatic heterocycles. The number of hydrogen-bond donors (Lipinski definition) is 2. The molecule has 1 aliphatic carbocycles. The minimum Gasteiger partial charge on any atom is -0.480 e. The maximum atomic E-state index is 12.5. The molecule has 0 radical (unpaired) electrons. The van der Waals surface area contributed by atoms with Crippen LogP contribution in [0, 0.1) is 5.92 Å². The van der Waals surface area contributed by atoms with Gasteiger partial charge in [0.2, 0.25) is 5.91 Å². The van der Waals surface area contributed by atoms with Gasteiger partial charge in [-0.3, -0.25) is 4.79 Å². The van der Waals surface area contributed by atoms with Gasteiger partial charge in [-0.05, 0) is 25.7 Å². The third-order valence-corrected chi connectivity index (χ3v) is 4.21. The fourth-order valence-electron chi connectivity index (χ4n) is 3.14. The molecule has 1 amide bonds. The number of rotatable bonds is 2. The fraction of sp³-hybridized carbons (Fsp3) is 0.846. The Morgan fingerprint density at radius 1 is 1.06 bits per heavy atom. The number of aliphatic carboxylic acids is 1. The summed E-state index contributed by atoms with van der Waals surface area (Å²) in [4.78, 5) is 25.1. The zero-order valence-corrected chi connectivity index (χ0v) is 10.7. The predicted octanol–water partition coefficient (Wildman–Crippen LogP) is 0.970. The molecule has 1 saturated heterocycles. The molecular formula is C13H22N2O3. The van der Waals surface area contributed by atoms with Crippen LogP contribution in [-0.2, 0) is 9.59 Å². The number of nitrogens with two attached hydrogens (primary N) is 1. The second-order valence-electron chi connectivity index (χ2n) is 5.44. The summed E-state index contributed by atoms with van der Waals surface area (Å²) in [5.41, 5.74) is 6.07. The van der Waals surface area contributed by atoms with Crippen LogP contribution in [0.2, 0.25) is 0 Å². The van der Waals surface area contributed by atoms with E-state index in [2.05, 4.69) is 0 Å². The van der Waals surface area contributed by atoms with Crippen molar-refractivity contribution in [3.63, 3.8) is 0 Å². The summed E-state index contributed by atoms with van der Waals surface area (Å²) >= 11 is 0. The highest BCUT2D eigenvalue weighted by molar-refractivity contribution is 5.86. The van der Waals surface area contributed by atoms with Gasteiger partial charge in [0.15, 0.2) is 0 Å². The van der Waals surface area contributed by atoms with Gasteiger partial charge >= 0.3 is 5.97 Å². The summed E-state index contributed by atoms with van der Waals surface area (Å²) in [7, 11) is 0.